The third-order valence-electron chi connectivity index (χ3n) is 3.61. The molecule has 0 spiro atoms. The van der Waals surface area contributed by atoms with Crippen LogP contribution in [0.4, 0.5) is 0 Å². The molecule has 0 saturated carbocycles. The molecule has 0 bridgehead atoms. The summed E-state index contributed by atoms with van der Waals surface area (Å²) in [5.41, 5.74) is 5.70. The van der Waals surface area contributed by atoms with Gasteiger partial charge in [-0.15, -0.1) is 0 Å². The maximum atomic E-state index is 12.5. The van der Waals surface area contributed by atoms with Gasteiger partial charge in [0.25, 0.3) is 10.2 Å². The van der Waals surface area contributed by atoms with Crippen LogP contribution in [0.5, 0.6) is 0 Å². The van der Waals surface area contributed by atoms with Crippen molar-refractivity contribution < 1.29 is 8.42 Å². The number of nitrogens with zero attached hydrogens (tertiary/aromatic N) is 3. The van der Waals surface area contributed by atoms with E-state index in [0.29, 0.717) is 19.6 Å². The van der Waals surface area contributed by atoms with E-state index < -0.39 is 10.2 Å². The van der Waals surface area contributed by atoms with E-state index in [0.717, 1.165) is 32.2 Å². The average molecular weight is 292 g/mol. The number of hydrogen-bond acceptors (Lipinski definition) is 4. The Morgan fingerprint density at radius 2 is 1.89 bits per heavy atom. The van der Waals surface area contributed by atoms with Crippen LogP contribution < -0.4 is 5.73 Å². The van der Waals surface area contributed by atoms with Crippen molar-refractivity contribution in [2.75, 3.05) is 47.3 Å². The van der Waals surface area contributed by atoms with Crippen molar-refractivity contribution in [1.82, 2.24) is 13.5 Å². The van der Waals surface area contributed by atoms with Crippen LogP contribution in [-0.2, 0) is 10.2 Å². The van der Waals surface area contributed by atoms with E-state index in [1.807, 2.05) is 14.1 Å². The Morgan fingerprint density at radius 3 is 2.47 bits per heavy atom. The van der Waals surface area contributed by atoms with Gasteiger partial charge >= 0.3 is 0 Å². The zero-order valence-corrected chi connectivity index (χ0v) is 13.2. The van der Waals surface area contributed by atoms with E-state index in [-0.39, 0.29) is 6.04 Å². The Bertz CT molecular complexity index is 359. The molecule has 2 N–H and O–H groups in total. The molecule has 1 heterocycles. The maximum absolute atomic E-state index is 12.5. The molecule has 1 fully saturated rings. The standard InChI is InChI=1S/C12H28N4O2S/c1-14(2)8-6-9-15(3)19(17,18)16-10-5-4-7-12(16)11-13/h12H,4-11,13H2,1-3H3. The lowest BCUT2D eigenvalue weighted by molar-refractivity contribution is 0.239. The van der Waals surface area contributed by atoms with Crippen LogP contribution in [0, 0.1) is 0 Å². The predicted octanol–water partition coefficient (Wildman–Crippen LogP) is -0.0721. The molecule has 0 radical (unpaired) electrons. The van der Waals surface area contributed by atoms with Crippen LogP contribution >= 0.6 is 0 Å². The topological polar surface area (TPSA) is 69.9 Å². The monoisotopic (exact) mass is 292 g/mol. The highest BCUT2D eigenvalue weighted by atomic mass is 32.2. The van der Waals surface area contributed by atoms with E-state index in [4.69, 9.17) is 5.73 Å². The van der Waals surface area contributed by atoms with Crippen molar-refractivity contribution in [3.8, 4) is 0 Å². The minimum atomic E-state index is -3.35. The first-order valence-electron chi connectivity index (χ1n) is 6.97. The molecule has 19 heavy (non-hydrogen) atoms. The van der Waals surface area contributed by atoms with Gasteiger partial charge in [-0.1, -0.05) is 6.42 Å². The molecule has 1 aliphatic rings. The Morgan fingerprint density at radius 1 is 1.21 bits per heavy atom. The van der Waals surface area contributed by atoms with Gasteiger partial charge < -0.3 is 10.6 Å². The predicted molar refractivity (Wildman–Crippen MR) is 78.1 cm³/mol. The first-order chi connectivity index (χ1) is 8.89. The van der Waals surface area contributed by atoms with Gasteiger partial charge in [0, 0.05) is 32.7 Å². The molecule has 1 unspecified atom stereocenters. The van der Waals surface area contributed by atoms with Crippen LogP contribution in [0.3, 0.4) is 0 Å². The van der Waals surface area contributed by atoms with Gasteiger partial charge in [-0.25, -0.2) is 0 Å². The van der Waals surface area contributed by atoms with Crippen molar-refractivity contribution >= 4 is 10.2 Å². The summed E-state index contributed by atoms with van der Waals surface area (Å²) in [5.74, 6) is 0. The first-order valence-corrected chi connectivity index (χ1v) is 8.37. The highest BCUT2D eigenvalue weighted by Crippen LogP contribution is 2.21. The summed E-state index contributed by atoms with van der Waals surface area (Å²) in [4.78, 5) is 2.06. The SMILES string of the molecule is CN(C)CCCN(C)S(=O)(=O)N1CCCCC1CN. The summed E-state index contributed by atoms with van der Waals surface area (Å²) >= 11 is 0. The van der Waals surface area contributed by atoms with Crippen LogP contribution in [0.25, 0.3) is 0 Å². The minimum absolute atomic E-state index is 0.0324. The number of nitrogens with two attached hydrogens (primary N) is 1. The minimum Gasteiger partial charge on any atom is -0.329 e. The summed E-state index contributed by atoms with van der Waals surface area (Å²) < 4.78 is 28.1. The Labute approximate surface area is 117 Å². The van der Waals surface area contributed by atoms with Gasteiger partial charge in [0.15, 0.2) is 0 Å². The average Bonchev–Trinajstić information content (AvgIpc) is 2.38. The summed E-state index contributed by atoms with van der Waals surface area (Å²) in [7, 11) is 2.29. The van der Waals surface area contributed by atoms with Crippen LogP contribution in [0.2, 0.25) is 0 Å². The molecular weight excluding hydrogens is 264 g/mol. The lowest BCUT2D eigenvalue weighted by Crippen LogP contribution is -2.52. The second-order valence-electron chi connectivity index (χ2n) is 5.48. The summed E-state index contributed by atoms with van der Waals surface area (Å²) in [6, 6.07) is -0.0324. The highest BCUT2D eigenvalue weighted by Gasteiger charge is 2.33. The zero-order valence-electron chi connectivity index (χ0n) is 12.4. The van der Waals surface area contributed by atoms with Gasteiger partial charge in [-0.3, -0.25) is 0 Å². The van der Waals surface area contributed by atoms with Gasteiger partial charge in [0.05, 0.1) is 0 Å². The smallest absolute Gasteiger partial charge is 0.282 e. The molecule has 0 aromatic heterocycles. The maximum Gasteiger partial charge on any atom is 0.282 e. The van der Waals surface area contributed by atoms with Crippen LogP contribution in [-0.4, -0.2) is 75.3 Å². The van der Waals surface area contributed by atoms with Crippen molar-refractivity contribution in [2.24, 2.45) is 5.73 Å². The molecule has 1 aliphatic heterocycles. The number of hydrogen-bond donors (Lipinski definition) is 1. The molecule has 0 aromatic carbocycles. The van der Waals surface area contributed by atoms with E-state index in [1.165, 1.54) is 4.31 Å². The zero-order chi connectivity index (χ0) is 14.5. The number of rotatable bonds is 7. The Balaban J connectivity index is 2.61. The van der Waals surface area contributed by atoms with Crippen LogP contribution in [0.15, 0.2) is 0 Å². The summed E-state index contributed by atoms with van der Waals surface area (Å²) in [6.07, 6.45) is 3.71. The van der Waals surface area contributed by atoms with Crippen LogP contribution in [0.1, 0.15) is 25.7 Å². The lowest BCUT2D eigenvalue weighted by atomic mass is 10.1. The summed E-state index contributed by atoms with van der Waals surface area (Å²) in [5, 5.41) is 0. The molecule has 0 aromatic rings. The van der Waals surface area contributed by atoms with E-state index in [2.05, 4.69) is 4.90 Å². The second-order valence-corrected chi connectivity index (χ2v) is 7.47. The normalized spacial score (nSPS) is 22.3. The molecule has 1 atom stereocenters. The number of piperidine rings is 1. The third kappa shape index (κ3) is 4.68. The Kier molecular flexibility index (Phi) is 6.68. The fourth-order valence-electron chi connectivity index (χ4n) is 2.42. The molecule has 1 saturated heterocycles. The summed E-state index contributed by atoms with van der Waals surface area (Å²) in [6.45, 7) is 2.45. The molecule has 114 valence electrons. The van der Waals surface area contributed by atoms with Gasteiger partial charge in [-0.05, 0) is 39.9 Å². The van der Waals surface area contributed by atoms with Gasteiger partial charge in [-0.2, -0.15) is 17.0 Å². The van der Waals surface area contributed by atoms with Crippen molar-refractivity contribution in [3.63, 3.8) is 0 Å². The molecular formula is C12H28N4O2S. The van der Waals surface area contributed by atoms with Gasteiger partial charge in [0.2, 0.25) is 0 Å². The van der Waals surface area contributed by atoms with Crippen molar-refractivity contribution in [2.45, 2.75) is 31.7 Å². The Hall–Kier alpha value is -0.210. The van der Waals surface area contributed by atoms with E-state index >= 15 is 0 Å². The highest BCUT2D eigenvalue weighted by molar-refractivity contribution is 7.86. The fourth-order valence-corrected chi connectivity index (χ4v) is 4.06. The van der Waals surface area contributed by atoms with Crippen molar-refractivity contribution in [3.05, 3.63) is 0 Å². The van der Waals surface area contributed by atoms with E-state index in [9.17, 15) is 8.42 Å². The lowest BCUT2D eigenvalue weighted by Gasteiger charge is -2.36. The largest absolute Gasteiger partial charge is 0.329 e. The first kappa shape index (κ1) is 16.8. The third-order valence-corrected chi connectivity index (χ3v) is 5.66. The second kappa shape index (κ2) is 7.54. The molecule has 7 heteroatoms. The van der Waals surface area contributed by atoms with E-state index in [1.54, 1.807) is 11.4 Å². The fraction of sp³-hybridized carbons (Fsp3) is 1.00. The quantitative estimate of drug-likeness (QED) is 0.713. The molecule has 6 nitrogen and oxygen atoms in total. The molecule has 0 amide bonds. The van der Waals surface area contributed by atoms with Crippen molar-refractivity contribution in [1.29, 1.82) is 0 Å². The van der Waals surface area contributed by atoms with Gasteiger partial charge in [0.1, 0.15) is 0 Å². The molecule has 1 rings (SSSR count). The molecule has 0 aliphatic carbocycles.